The van der Waals surface area contributed by atoms with Gasteiger partial charge in [0.05, 0.1) is 23.0 Å². The van der Waals surface area contributed by atoms with Gasteiger partial charge in [-0.25, -0.2) is 0 Å². The smallest absolute Gasteiger partial charge is 0.0868 e. The van der Waals surface area contributed by atoms with Crippen LogP contribution in [0.3, 0.4) is 0 Å². The number of benzene rings is 1. The van der Waals surface area contributed by atoms with Crippen molar-refractivity contribution >= 4 is 23.0 Å². The second kappa shape index (κ2) is 5.60. The number of anilines is 2. The third-order valence-electron chi connectivity index (χ3n) is 4.14. The lowest BCUT2D eigenvalue weighted by Gasteiger charge is -2.20. The highest BCUT2D eigenvalue weighted by Crippen LogP contribution is 2.33. The van der Waals surface area contributed by atoms with Gasteiger partial charge >= 0.3 is 0 Å². The molecule has 0 saturated carbocycles. The minimum Gasteiger partial charge on any atom is -0.399 e. The van der Waals surface area contributed by atoms with Crippen molar-refractivity contribution in [3.05, 3.63) is 40.2 Å². The van der Waals surface area contributed by atoms with Gasteiger partial charge in [0.2, 0.25) is 0 Å². The van der Waals surface area contributed by atoms with E-state index in [0.717, 1.165) is 54.6 Å². The molecule has 1 aliphatic rings. The van der Waals surface area contributed by atoms with Gasteiger partial charge in [0, 0.05) is 24.5 Å². The van der Waals surface area contributed by atoms with Crippen molar-refractivity contribution in [1.29, 1.82) is 0 Å². The van der Waals surface area contributed by atoms with Gasteiger partial charge < -0.3 is 10.6 Å². The Kier molecular flexibility index (Phi) is 3.81. The maximum absolute atomic E-state index is 6.51. The molecule has 2 N–H and O–H groups in total. The number of fused-ring (bicyclic) bond motifs is 1. The third-order valence-corrected chi connectivity index (χ3v) is 4.57. The summed E-state index contributed by atoms with van der Waals surface area (Å²) in [5.74, 6) is 0. The topological polar surface area (TPSA) is 47.1 Å². The molecule has 2 aromatic rings. The molecule has 0 aliphatic carbocycles. The van der Waals surface area contributed by atoms with Crippen LogP contribution in [0.1, 0.15) is 30.8 Å². The maximum Gasteiger partial charge on any atom is 0.0868 e. The predicted molar refractivity (Wildman–Crippen MR) is 87.9 cm³/mol. The van der Waals surface area contributed by atoms with Gasteiger partial charge in [0.1, 0.15) is 0 Å². The molecule has 21 heavy (non-hydrogen) atoms. The van der Waals surface area contributed by atoms with Crippen LogP contribution < -0.4 is 10.6 Å². The molecular formula is C16H21ClN4. The lowest BCUT2D eigenvalue weighted by molar-refractivity contribution is 0.606. The Labute approximate surface area is 130 Å². The summed E-state index contributed by atoms with van der Waals surface area (Å²) in [6.07, 6.45) is 1.93. The summed E-state index contributed by atoms with van der Waals surface area (Å²) >= 11 is 6.51. The number of nitrogen functional groups attached to an aromatic ring is 1. The molecule has 1 aromatic carbocycles. The Morgan fingerprint density at radius 2 is 2.14 bits per heavy atom. The number of hydrogen-bond donors (Lipinski definition) is 1. The number of hydrogen-bond acceptors (Lipinski definition) is 3. The van der Waals surface area contributed by atoms with Crippen LogP contribution >= 0.6 is 11.6 Å². The monoisotopic (exact) mass is 304 g/mol. The molecule has 0 unspecified atom stereocenters. The number of rotatable bonds is 4. The minimum absolute atomic E-state index is 0.788. The van der Waals surface area contributed by atoms with Crippen LogP contribution in [0.4, 0.5) is 11.4 Å². The van der Waals surface area contributed by atoms with E-state index < -0.39 is 0 Å². The van der Waals surface area contributed by atoms with Crippen LogP contribution in [0.5, 0.6) is 0 Å². The average Bonchev–Trinajstić information content (AvgIpc) is 3.01. The fraction of sp³-hybridized carbons (Fsp3) is 0.438. The Morgan fingerprint density at radius 3 is 2.86 bits per heavy atom. The molecule has 3 rings (SSSR count). The fourth-order valence-electron chi connectivity index (χ4n) is 2.98. The molecule has 2 heterocycles. The lowest BCUT2D eigenvalue weighted by atomic mass is 10.1. The largest absolute Gasteiger partial charge is 0.399 e. The van der Waals surface area contributed by atoms with Crippen LogP contribution in [-0.4, -0.2) is 16.3 Å². The Balaban J connectivity index is 1.93. The zero-order valence-corrected chi connectivity index (χ0v) is 13.3. The second-order valence-electron chi connectivity index (χ2n) is 5.44. The molecule has 0 amide bonds. The SMILES string of the molecule is CCc1nn(CC)c(CN2CCc3ccc(N)cc32)c1Cl. The molecule has 112 valence electrons. The van der Waals surface area contributed by atoms with Crippen LogP contribution in [-0.2, 0) is 25.9 Å². The Morgan fingerprint density at radius 1 is 1.33 bits per heavy atom. The van der Waals surface area contributed by atoms with Gasteiger partial charge in [-0.3, -0.25) is 4.68 Å². The quantitative estimate of drug-likeness (QED) is 0.882. The first-order valence-corrected chi connectivity index (χ1v) is 7.89. The Bertz CT molecular complexity index is 663. The van der Waals surface area contributed by atoms with Gasteiger partial charge in [-0.15, -0.1) is 0 Å². The van der Waals surface area contributed by atoms with E-state index in [1.807, 2.05) is 10.7 Å². The van der Waals surface area contributed by atoms with Crippen LogP contribution in [0, 0.1) is 0 Å². The summed E-state index contributed by atoms with van der Waals surface area (Å²) < 4.78 is 2.02. The summed E-state index contributed by atoms with van der Waals surface area (Å²) in [5, 5.41) is 5.41. The molecule has 0 radical (unpaired) electrons. The normalized spacial score (nSPS) is 13.8. The third kappa shape index (κ3) is 2.48. The first kappa shape index (κ1) is 14.3. The molecule has 0 atom stereocenters. The van der Waals surface area contributed by atoms with E-state index in [1.54, 1.807) is 0 Å². The predicted octanol–water partition coefficient (Wildman–Crippen LogP) is 3.26. The van der Waals surface area contributed by atoms with Crippen molar-refractivity contribution in [2.24, 2.45) is 0 Å². The lowest BCUT2D eigenvalue weighted by Crippen LogP contribution is -2.22. The maximum atomic E-state index is 6.51. The fourth-order valence-corrected chi connectivity index (χ4v) is 3.30. The van der Waals surface area contributed by atoms with E-state index in [0.29, 0.717) is 0 Å². The van der Waals surface area contributed by atoms with Gasteiger partial charge in [-0.05, 0) is 37.5 Å². The van der Waals surface area contributed by atoms with E-state index in [2.05, 4.69) is 36.0 Å². The summed E-state index contributed by atoms with van der Waals surface area (Å²) in [5.41, 5.74) is 11.4. The zero-order valence-electron chi connectivity index (χ0n) is 12.6. The van der Waals surface area contributed by atoms with E-state index in [-0.39, 0.29) is 0 Å². The summed E-state index contributed by atoms with van der Waals surface area (Å²) in [4.78, 5) is 2.35. The zero-order chi connectivity index (χ0) is 15.0. The van der Waals surface area contributed by atoms with Gasteiger partial charge in [0.15, 0.2) is 0 Å². The number of aromatic nitrogens is 2. The number of aryl methyl sites for hydroxylation is 2. The molecule has 4 nitrogen and oxygen atoms in total. The molecule has 0 spiro atoms. The van der Waals surface area contributed by atoms with Crippen molar-refractivity contribution in [1.82, 2.24) is 9.78 Å². The van der Waals surface area contributed by atoms with Crippen molar-refractivity contribution in [3.63, 3.8) is 0 Å². The molecule has 0 bridgehead atoms. The summed E-state index contributed by atoms with van der Waals surface area (Å²) in [7, 11) is 0. The summed E-state index contributed by atoms with van der Waals surface area (Å²) in [6, 6.07) is 6.16. The average molecular weight is 305 g/mol. The summed E-state index contributed by atoms with van der Waals surface area (Å²) in [6.45, 7) is 6.82. The first-order valence-electron chi connectivity index (χ1n) is 7.51. The van der Waals surface area contributed by atoms with E-state index in [1.165, 1.54) is 11.3 Å². The van der Waals surface area contributed by atoms with E-state index in [9.17, 15) is 0 Å². The number of nitrogens with zero attached hydrogens (tertiary/aromatic N) is 3. The molecule has 0 fully saturated rings. The molecule has 1 aliphatic heterocycles. The van der Waals surface area contributed by atoms with Crippen LogP contribution in [0.25, 0.3) is 0 Å². The number of nitrogens with two attached hydrogens (primary N) is 1. The number of halogens is 1. The van der Waals surface area contributed by atoms with Crippen LogP contribution in [0.15, 0.2) is 18.2 Å². The van der Waals surface area contributed by atoms with Gasteiger partial charge in [-0.2, -0.15) is 5.10 Å². The van der Waals surface area contributed by atoms with Gasteiger partial charge in [-0.1, -0.05) is 24.6 Å². The van der Waals surface area contributed by atoms with Crippen molar-refractivity contribution < 1.29 is 0 Å². The Hall–Kier alpha value is -1.68. The van der Waals surface area contributed by atoms with Crippen molar-refractivity contribution in [2.45, 2.75) is 39.8 Å². The molecule has 1 aromatic heterocycles. The van der Waals surface area contributed by atoms with Crippen LogP contribution in [0.2, 0.25) is 5.02 Å². The first-order chi connectivity index (χ1) is 10.1. The second-order valence-corrected chi connectivity index (χ2v) is 5.81. The minimum atomic E-state index is 0.788. The van der Waals surface area contributed by atoms with E-state index >= 15 is 0 Å². The van der Waals surface area contributed by atoms with E-state index in [4.69, 9.17) is 17.3 Å². The van der Waals surface area contributed by atoms with Crippen molar-refractivity contribution in [2.75, 3.05) is 17.2 Å². The molecule has 5 heteroatoms. The molecular weight excluding hydrogens is 284 g/mol. The molecule has 0 saturated heterocycles. The highest BCUT2D eigenvalue weighted by Gasteiger charge is 2.23. The highest BCUT2D eigenvalue weighted by atomic mass is 35.5. The highest BCUT2D eigenvalue weighted by molar-refractivity contribution is 6.31. The van der Waals surface area contributed by atoms with Gasteiger partial charge in [0.25, 0.3) is 0 Å². The van der Waals surface area contributed by atoms with Crippen molar-refractivity contribution in [3.8, 4) is 0 Å². The standard InChI is InChI=1S/C16H21ClN4/c1-3-13-16(17)15(21(4-2)19-13)10-20-8-7-11-5-6-12(18)9-14(11)20/h5-6,9H,3-4,7-8,10,18H2,1-2H3.